The molecule has 1 unspecified atom stereocenters. The van der Waals surface area contributed by atoms with Gasteiger partial charge in [0.25, 0.3) is 0 Å². The topological polar surface area (TPSA) is 77.8 Å². The minimum atomic E-state index is 0.0755. The first-order valence-corrected chi connectivity index (χ1v) is 9.15. The van der Waals surface area contributed by atoms with E-state index in [9.17, 15) is 0 Å². The third-order valence-corrected chi connectivity index (χ3v) is 4.37. The minimum absolute atomic E-state index is 0.0755. The van der Waals surface area contributed by atoms with Gasteiger partial charge in [0, 0.05) is 50.3 Å². The normalized spacial score (nSPS) is 12.3. The molecule has 142 valence electrons. The predicted octanol–water partition coefficient (Wildman–Crippen LogP) is 2.93. The van der Waals surface area contributed by atoms with Gasteiger partial charge in [0.1, 0.15) is 12.2 Å². The second-order valence-corrected chi connectivity index (χ2v) is 6.62. The molecule has 0 saturated heterocycles. The van der Waals surface area contributed by atoms with Crippen molar-refractivity contribution in [1.82, 2.24) is 30.0 Å². The highest BCUT2D eigenvalue weighted by Crippen LogP contribution is 2.16. The molecule has 7 nitrogen and oxygen atoms in total. The number of methoxy groups -OCH3 is 1. The first kappa shape index (κ1) is 19.1. The molecule has 1 N–H and O–H groups in total. The van der Waals surface area contributed by atoms with Crippen molar-refractivity contribution in [3.05, 3.63) is 59.9 Å². The monoisotopic (exact) mass is 366 g/mol. The highest BCUT2D eigenvalue weighted by molar-refractivity contribution is 5.55. The molecule has 0 bridgehead atoms. The summed E-state index contributed by atoms with van der Waals surface area (Å²) in [7, 11) is 1.71. The van der Waals surface area contributed by atoms with Crippen LogP contribution < -0.4 is 5.32 Å². The summed E-state index contributed by atoms with van der Waals surface area (Å²) in [5.41, 5.74) is 3.26. The minimum Gasteiger partial charge on any atom is -0.385 e. The SMILES string of the molecule is COCCCn1cnnc1C(C)NCc1cnc(-c2cccc(C)c2)nc1. The number of rotatable bonds is 9. The van der Waals surface area contributed by atoms with Crippen LogP contribution in [-0.2, 0) is 17.8 Å². The van der Waals surface area contributed by atoms with Crippen LogP contribution in [0.25, 0.3) is 11.4 Å². The molecule has 0 aliphatic rings. The number of aromatic nitrogens is 5. The van der Waals surface area contributed by atoms with E-state index in [1.165, 1.54) is 5.56 Å². The number of ether oxygens (including phenoxy) is 1. The van der Waals surface area contributed by atoms with Crippen molar-refractivity contribution in [2.24, 2.45) is 0 Å². The van der Waals surface area contributed by atoms with E-state index < -0.39 is 0 Å². The van der Waals surface area contributed by atoms with Crippen LogP contribution in [0.15, 0.2) is 43.0 Å². The molecule has 0 fully saturated rings. The van der Waals surface area contributed by atoms with E-state index >= 15 is 0 Å². The average Bonchev–Trinajstić information content (AvgIpc) is 3.15. The number of nitrogens with zero attached hydrogens (tertiary/aromatic N) is 5. The molecule has 2 aromatic heterocycles. The molecule has 0 amide bonds. The summed E-state index contributed by atoms with van der Waals surface area (Å²) >= 11 is 0. The summed E-state index contributed by atoms with van der Waals surface area (Å²) in [6.07, 6.45) is 6.44. The highest BCUT2D eigenvalue weighted by atomic mass is 16.5. The molecule has 0 radical (unpaired) electrons. The molecule has 2 heterocycles. The summed E-state index contributed by atoms with van der Waals surface area (Å²) in [6.45, 7) is 6.39. The van der Waals surface area contributed by atoms with Crippen molar-refractivity contribution in [2.45, 2.75) is 39.4 Å². The maximum absolute atomic E-state index is 5.11. The lowest BCUT2D eigenvalue weighted by Gasteiger charge is -2.14. The third-order valence-electron chi connectivity index (χ3n) is 4.37. The largest absolute Gasteiger partial charge is 0.385 e. The Morgan fingerprint density at radius 1 is 1.22 bits per heavy atom. The number of benzene rings is 1. The van der Waals surface area contributed by atoms with Gasteiger partial charge in [-0.05, 0) is 26.3 Å². The molecular weight excluding hydrogens is 340 g/mol. The molecule has 7 heteroatoms. The number of hydrogen-bond acceptors (Lipinski definition) is 6. The molecule has 3 aromatic rings. The number of nitrogens with one attached hydrogen (secondary N) is 1. The summed E-state index contributed by atoms with van der Waals surface area (Å²) in [4.78, 5) is 9.00. The van der Waals surface area contributed by atoms with E-state index in [1.807, 2.05) is 24.5 Å². The van der Waals surface area contributed by atoms with Gasteiger partial charge >= 0.3 is 0 Å². The fraction of sp³-hybridized carbons (Fsp3) is 0.400. The Labute approximate surface area is 159 Å². The van der Waals surface area contributed by atoms with Crippen LogP contribution in [-0.4, -0.2) is 38.4 Å². The Bertz CT molecular complexity index is 846. The molecule has 27 heavy (non-hydrogen) atoms. The predicted molar refractivity (Wildman–Crippen MR) is 104 cm³/mol. The molecule has 0 aliphatic carbocycles. The van der Waals surface area contributed by atoms with Gasteiger partial charge in [0.15, 0.2) is 5.82 Å². The Morgan fingerprint density at radius 3 is 2.78 bits per heavy atom. The first-order valence-electron chi connectivity index (χ1n) is 9.15. The smallest absolute Gasteiger partial charge is 0.159 e. The average molecular weight is 366 g/mol. The summed E-state index contributed by atoms with van der Waals surface area (Å²) in [5.74, 6) is 1.66. The standard InChI is InChI=1S/C20H26N6O/c1-15-6-4-7-18(10-15)19-22-12-17(13-23-19)11-21-16(2)20-25-24-14-26(20)8-5-9-27-3/h4,6-7,10,12-14,16,21H,5,8-9,11H2,1-3H3. The van der Waals surface area contributed by atoms with Crippen molar-refractivity contribution in [3.63, 3.8) is 0 Å². The van der Waals surface area contributed by atoms with Crippen molar-refractivity contribution in [2.75, 3.05) is 13.7 Å². The van der Waals surface area contributed by atoms with Crippen LogP contribution in [0.1, 0.15) is 36.3 Å². The van der Waals surface area contributed by atoms with Crippen LogP contribution in [0.5, 0.6) is 0 Å². The van der Waals surface area contributed by atoms with E-state index in [-0.39, 0.29) is 6.04 Å². The number of aryl methyl sites for hydroxylation is 2. The van der Waals surface area contributed by atoms with Gasteiger partial charge in [-0.25, -0.2) is 9.97 Å². The molecule has 1 aromatic carbocycles. The van der Waals surface area contributed by atoms with E-state index in [1.54, 1.807) is 13.4 Å². The maximum Gasteiger partial charge on any atom is 0.159 e. The van der Waals surface area contributed by atoms with Crippen molar-refractivity contribution in [1.29, 1.82) is 0 Å². The molecule has 0 spiro atoms. The van der Waals surface area contributed by atoms with Gasteiger partial charge in [0.2, 0.25) is 0 Å². The molecular formula is C20H26N6O. The van der Waals surface area contributed by atoms with E-state index in [4.69, 9.17) is 4.74 Å². The fourth-order valence-corrected chi connectivity index (χ4v) is 2.89. The van der Waals surface area contributed by atoms with E-state index in [0.717, 1.165) is 42.3 Å². The highest BCUT2D eigenvalue weighted by Gasteiger charge is 2.13. The summed E-state index contributed by atoms with van der Waals surface area (Å²) in [6, 6.07) is 8.28. The lowest BCUT2D eigenvalue weighted by molar-refractivity contribution is 0.189. The van der Waals surface area contributed by atoms with Gasteiger partial charge in [0.05, 0.1) is 6.04 Å². The Kier molecular flexibility index (Phi) is 6.62. The Balaban J connectivity index is 1.58. The van der Waals surface area contributed by atoms with Crippen LogP contribution in [0.3, 0.4) is 0 Å². The third kappa shape index (κ3) is 5.18. The van der Waals surface area contributed by atoms with Gasteiger partial charge in [-0.1, -0.05) is 23.8 Å². The van der Waals surface area contributed by atoms with Crippen molar-refractivity contribution >= 4 is 0 Å². The van der Waals surface area contributed by atoms with Crippen molar-refractivity contribution in [3.8, 4) is 11.4 Å². The zero-order valence-electron chi connectivity index (χ0n) is 16.1. The second kappa shape index (κ2) is 9.34. The summed E-state index contributed by atoms with van der Waals surface area (Å²) < 4.78 is 7.17. The van der Waals surface area contributed by atoms with Crippen LogP contribution in [0, 0.1) is 6.92 Å². The lowest BCUT2D eigenvalue weighted by atomic mass is 10.1. The molecule has 0 saturated carbocycles. The van der Waals surface area contributed by atoms with E-state index in [2.05, 4.69) is 56.0 Å². The summed E-state index contributed by atoms with van der Waals surface area (Å²) in [5, 5.41) is 11.8. The first-order chi connectivity index (χ1) is 13.2. The zero-order chi connectivity index (χ0) is 19.1. The molecule has 3 rings (SSSR count). The second-order valence-electron chi connectivity index (χ2n) is 6.62. The maximum atomic E-state index is 5.11. The quantitative estimate of drug-likeness (QED) is 0.587. The van der Waals surface area contributed by atoms with Crippen molar-refractivity contribution < 1.29 is 4.74 Å². The van der Waals surface area contributed by atoms with Gasteiger partial charge in [-0.3, -0.25) is 0 Å². The zero-order valence-corrected chi connectivity index (χ0v) is 16.1. The van der Waals surface area contributed by atoms with Gasteiger partial charge < -0.3 is 14.6 Å². The van der Waals surface area contributed by atoms with Gasteiger partial charge in [-0.2, -0.15) is 0 Å². The lowest BCUT2D eigenvalue weighted by Crippen LogP contribution is -2.22. The fourth-order valence-electron chi connectivity index (χ4n) is 2.89. The Hall–Kier alpha value is -2.64. The van der Waals surface area contributed by atoms with Crippen LogP contribution >= 0.6 is 0 Å². The Morgan fingerprint density at radius 2 is 2.04 bits per heavy atom. The molecule has 1 atom stereocenters. The van der Waals surface area contributed by atoms with E-state index in [0.29, 0.717) is 6.54 Å². The molecule has 0 aliphatic heterocycles. The number of hydrogen-bond donors (Lipinski definition) is 1. The van der Waals surface area contributed by atoms with Crippen LogP contribution in [0.4, 0.5) is 0 Å². The van der Waals surface area contributed by atoms with Crippen LogP contribution in [0.2, 0.25) is 0 Å². The van der Waals surface area contributed by atoms with Gasteiger partial charge in [-0.15, -0.1) is 10.2 Å².